The molecule has 0 fully saturated rings. The van der Waals surface area contributed by atoms with Crippen LogP contribution >= 0.6 is 11.8 Å². The molecule has 0 radical (unpaired) electrons. The highest BCUT2D eigenvalue weighted by atomic mass is 32.2. The van der Waals surface area contributed by atoms with E-state index < -0.39 is 17.8 Å². The number of carboxylic acids is 1. The van der Waals surface area contributed by atoms with E-state index in [4.69, 9.17) is 0 Å². The van der Waals surface area contributed by atoms with E-state index in [0.29, 0.717) is 11.1 Å². The Morgan fingerprint density at radius 3 is 2.60 bits per heavy atom. The van der Waals surface area contributed by atoms with Gasteiger partial charge in [-0.1, -0.05) is 19.1 Å². The summed E-state index contributed by atoms with van der Waals surface area (Å²) in [6.45, 7) is 3.44. The highest BCUT2D eigenvalue weighted by Gasteiger charge is 2.23. The summed E-state index contributed by atoms with van der Waals surface area (Å²) in [6, 6.07) is 2.86. The van der Waals surface area contributed by atoms with Crippen molar-refractivity contribution in [3.8, 4) is 0 Å². The third-order valence-corrected chi connectivity index (χ3v) is 3.91. The van der Waals surface area contributed by atoms with Gasteiger partial charge in [0.25, 0.3) is 0 Å². The van der Waals surface area contributed by atoms with E-state index >= 15 is 0 Å². The Morgan fingerprint density at radius 1 is 1.45 bits per heavy atom. The zero-order chi connectivity index (χ0) is 15.3. The molecule has 0 bridgehead atoms. The number of carbonyl (C=O) groups is 2. The highest BCUT2D eigenvalue weighted by Crippen LogP contribution is 2.18. The van der Waals surface area contributed by atoms with Crippen LogP contribution in [0, 0.1) is 12.7 Å². The quantitative estimate of drug-likeness (QED) is 0.847. The van der Waals surface area contributed by atoms with E-state index in [-0.39, 0.29) is 17.6 Å². The smallest absolute Gasteiger partial charge is 0.330 e. The molecule has 0 heterocycles. The van der Waals surface area contributed by atoms with Crippen molar-refractivity contribution in [1.29, 1.82) is 0 Å². The SMILES string of the molecule is CSC(C)CC(=O)NC(C(=O)O)c1ccc(F)c(C)c1. The number of carbonyl (C=O) groups excluding carboxylic acids is 1. The second kappa shape index (κ2) is 7.28. The average molecular weight is 299 g/mol. The van der Waals surface area contributed by atoms with Crippen molar-refractivity contribution in [2.75, 3.05) is 6.26 Å². The monoisotopic (exact) mass is 299 g/mol. The van der Waals surface area contributed by atoms with Gasteiger partial charge in [0.15, 0.2) is 6.04 Å². The Morgan fingerprint density at radius 2 is 2.10 bits per heavy atom. The molecule has 0 aromatic heterocycles. The van der Waals surface area contributed by atoms with Crippen molar-refractivity contribution in [2.45, 2.75) is 31.6 Å². The first-order valence-corrected chi connectivity index (χ1v) is 7.45. The molecule has 0 saturated heterocycles. The maximum Gasteiger partial charge on any atom is 0.330 e. The first kappa shape index (κ1) is 16.5. The second-order valence-corrected chi connectivity index (χ2v) is 5.87. The number of rotatable bonds is 6. The molecule has 1 aromatic rings. The van der Waals surface area contributed by atoms with Gasteiger partial charge in [0, 0.05) is 11.7 Å². The van der Waals surface area contributed by atoms with Crippen molar-refractivity contribution >= 4 is 23.6 Å². The Labute approximate surface area is 121 Å². The topological polar surface area (TPSA) is 66.4 Å². The first-order chi connectivity index (χ1) is 9.35. The number of hydrogen-bond acceptors (Lipinski definition) is 3. The second-order valence-electron chi connectivity index (χ2n) is 4.60. The molecule has 1 aromatic carbocycles. The lowest BCUT2D eigenvalue weighted by Crippen LogP contribution is -2.34. The Bertz CT molecular complexity index is 507. The van der Waals surface area contributed by atoms with Crippen molar-refractivity contribution in [3.05, 3.63) is 35.1 Å². The van der Waals surface area contributed by atoms with Gasteiger partial charge >= 0.3 is 5.97 Å². The number of amides is 1. The number of benzene rings is 1. The number of aryl methyl sites for hydroxylation is 1. The van der Waals surface area contributed by atoms with Gasteiger partial charge in [0.1, 0.15) is 5.82 Å². The molecule has 0 saturated carbocycles. The largest absolute Gasteiger partial charge is 0.479 e. The fraction of sp³-hybridized carbons (Fsp3) is 0.429. The number of nitrogens with one attached hydrogen (secondary N) is 1. The molecule has 0 spiro atoms. The molecule has 110 valence electrons. The van der Waals surface area contributed by atoms with E-state index in [1.165, 1.54) is 30.0 Å². The third kappa shape index (κ3) is 4.52. The summed E-state index contributed by atoms with van der Waals surface area (Å²) in [5, 5.41) is 11.8. The lowest BCUT2D eigenvalue weighted by molar-refractivity contribution is -0.142. The van der Waals surface area contributed by atoms with Crippen LogP contribution in [0.4, 0.5) is 4.39 Å². The zero-order valence-corrected chi connectivity index (χ0v) is 12.5. The normalized spacial score (nSPS) is 13.6. The molecule has 0 aliphatic heterocycles. The summed E-state index contributed by atoms with van der Waals surface area (Å²) in [7, 11) is 0. The van der Waals surface area contributed by atoms with Crippen LogP contribution in [0.25, 0.3) is 0 Å². The summed E-state index contributed by atoms with van der Waals surface area (Å²) in [5.74, 6) is -1.90. The summed E-state index contributed by atoms with van der Waals surface area (Å²) >= 11 is 1.53. The third-order valence-electron chi connectivity index (χ3n) is 2.94. The number of aliphatic carboxylic acids is 1. The molecule has 0 aliphatic carbocycles. The van der Waals surface area contributed by atoms with E-state index in [1.807, 2.05) is 13.2 Å². The van der Waals surface area contributed by atoms with E-state index in [9.17, 15) is 19.1 Å². The van der Waals surface area contributed by atoms with Crippen LogP contribution < -0.4 is 5.32 Å². The fourth-order valence-corrected chi connectivity index (χ4v) is 2.02. The Balaban J connectivity index is 2.86. The molecule has 1 rings (SSSR count). The Kier molecular flexibility index (Phi) is 6.01. The van der Waals surface area contributed by atoms with E-state index in [2.05, 4.69) is 5.32 Å². The van der Waals surface area contributed by atoms with Crippen molar-refractivity contribution in [1.82, 2.24) is 5.32 Å². The number of carboxylic acid groups (broad SMARTS) is 1. The van der Waals surface area contributed by atoms with Gasteiger partial charge < -0.3 is 10.4 Å². The summed E-state index contributed by atoms with van der Waals surface area (Å²) in [6.07, 6.45) is 2.13. The maximum atomic E-state index is 13.2. The zero-order valence-electron chi connectivity index (χ0n) is 11.6. The molecule has 2 atom stereocenters. The van der Waals surface area contributed by atoms with Crippen LogP contribution in [-0.4, -0.2) is 28.5 Å². The van der Waals surface area contributed by atoms with Gasteiger partial charge in [-0.15, -0.1) is 0 Å². The molecule has 2 unspecified atom stereocenters. The Hall–Kier alpha value is -1.56. The average Bonchev–Trinajstić information content (AvgIpc) is 2.38. The molecular formula is C14H18FNO3S. The minimum Gasteiger partial charge on any atom is -0.479 e. The van der Waals surface area contributed by atoms with Gasteiger partial charge in [-0.2, -0.15) is 11.8 Å². The molecule has 6 heteroatoms. The van der Waals surface area contributed by atoms with Gasteiger partial charge in [0.2, 0.25) is 5.91 Å². The molecule has 4 nitrogen and oxygen atoms in total. The maximum absolute atomic E-state index is 13.2. The molecule has 2 N–H and O–H groups in total. The lowest BCUT2D eigenvalue weighted by atomic mass is 10.0. The van der Waals surface area contributed by atoms with Crippen LogP contribution in [0.2, 0.25) is 0 Å². The van der Waals surface area contributed by atoms with E-state index in [1.54, 1.807) is 6.92 Å². The summed E-state index contributed by atoms with van der Waals surface area (Å²) in [5.41, 5.74) is 0.710. The fourth-order valence-electron chi connectivity index (χ4n) is 1.70. The molecule has 1 amide bonds. The van der Waals surface area contributed by atoms with Gasteiger partial charge in [0.05, 0.1) is 0 Å². The van der Waals surface area contributed by atoms with Crippen LogP contribution in [0.3, 0.4) is 0 Å². The molecule has 0 aliphatic rings. The molecular weight excluding hydrogens is 281 g/mol. The van der Waals surface area contributed by atoms with Gasteiger partial charge in [-0.3, -0.25) is 4.79 Å². The minimum absolute atomic E-state index is 0.111. The number of halogens is 1. The van der Waals surface area contributed by atoms with Crippen LogP contribution in [-0.2, 0) is 9.59 Å². The predicted octanol–water partition coefficient (Wildman–Crippen LogP) is 2.52. The standard InChI is InChI=1S/C14H18FNO3S/c1-8-6-10(4-5-11(8)15)13(14(18)19)16-12(17)7-9(2)20-3/h4-6,9,13H,7H2,1-3H3,(H,16,17)(H,18,19). The van der Waals surface area contributed by atoms with Gasteiger partial charge in [-0.05, 0) is 30.4 Å². The molecule has 20 heavy (non-hydrogen) atoms. The minimum atomic E-state index is -1.17. The van der Waals surface area contributed by atoms with Crippen LogP contribution in [0.5, 0.6) is 0 Å². The number of hydrogen-bond donors (Lipinski definition) is 2. The van der Waals surface area contributed by atoms with Crippen LogP contribution in [0.1, 0.15) is 30.5 Å². The summed E-state index contributed by atoms with van der Waals surface area (Å²) in [4.78, 5) is 23.1. The van der Waals surface area contributed by atoms with Crippen molar-refractivity contribution in [3.63, 3.8) is 0 Å². The van der Waals surface area contributed by atoms with Crippen LogP contribution in [0.15, 0.2) is 18.2 Å². The van der Waals surface area contributed by atoms with E-state index in [0.717, 1.165) is 0 Å². The first-order valence-electron chi connectivity index (χ1n) is 6.16. The summed E-state index contributed by atoms with van der Waals surface area (Å²) < 4.78 is 13.2. The number of thioether (sulfide) groups is 1. The van der Waals surface area contributed by atoms with Gasteiger partial charge in [-0.25, -0.2) is 9.18 Å². The predicted molar refractivity (Wildman–Crippen MR) is 77.3 cm³/mol. The highest BCUT2D eigenvalue weighted by molar-refractivity contribution is 7.99. The lowest BCUT2D eigenvalue weighted by Gasteiger charge is -2.17. The van der Waals surface area contributed by atoms with Crippen molar-refractivity contribution < 1.29 is 19.1 Å². The van der Waals surface area contributed by atoms with Crippen molar-refractivity contribution in [2.24, 2.45) is 0 Å².